The molecule has 1 aromatic rings. The van der Waals surface area contributed by atoms with Crippen molar-refractivity contribution in [3.8, 4) is 0 Å². The maximum absolute atomic E-state index is 12.0. The van der Waals surface area contributed by atoms with Gasteiger partial charge < -0.3 is 10.5 Å². The Morgan fingerprint density at radius 3 is 2.89 bits per heavy atom. The lowest BCUT2D eigenvalue weighted by Crippen LogP contribution is -2.31. The summed E-state index contributed by atoms with van der Waals surface area (Å²) >= 11 is 0. The van der Waals surface area contributed by atoms with Crippen LogP contribution in [0, 0.1) is 0 Å². The fraction of sp³-hybridized carbons (Fsp3) is 0.538. The lowest BCUT2D eigenvalue weighted by molar-refractivity contribution is 0.0576. The maximum Gasteiger partial charge on any atom is 0.154 e. The topological polar surface area (TPSA) is 69.4 Å². The second kappa shape index (κ2) is 5.38. The minimum Gasteiger partial charge on any atom is -0.372 e. The Balaban J connectivity index is 2.17. The van der Waals surface area contributed by atoms with Gasteiger partial charge in [-0.2, -0.15) is 0 Å². The molecule has 0 spiro atoms. The van der Waals surface area contributed by atoms with Gasteiger partial charge in [-0.1, -0.05) is 24.3 Å². The molecule has 0 aliphatic carbocycles. The van der Waals surface area contributed by atoms with Crippen LogP contribution in [0.15, 0.2) is 24.3 Å². The number of hydrogen-bond donors (Lipinski definition) is 1. The zero-order chi connectivity index (χ0) is 13.2. The smallest absolute Gasteiger partial charge is 0.154 e. The highest BCUT2D eigenvalue weighted by Gasteiger charge is 2.26. The zero-order valence-corrected chi connectivity index (χ0v) is 11.3. The van der Waals surface area contributed by atoms with Crippen molar-refractivity contribution in [3.63, 3.8) is 0 Å². The Bertz CT molecular complexity index is 511. The molecule has 1 aromatic carbocycles. The predicted octanol–water partition coefficient (Wildman–Crippen LogP) is 1.06. The SMILES string of the molecule is CC(N)CS(=O)(=O)CC1OCCc2ccccc21. The Morgan fingerprint density at radius 1 is 1.44 bits per heavy atom. The summed E-state index contributed by atoms with van der Waals surface area (Å²) in [5.41, 5.74) is 7.74. The molecular formula is C13H19NO3S. The predicted molar refractivity (Wildman–Crippen MR) is 71.1 cm³/mol. The molecule has 2 N–H and O–H groups in total. The summed E-state index contributed by atoms with van der Waals surface area (Å²) in [6.07, 6.45) is 0.499. The number of ether oxygens (including phenoxy) is 1. The average Bonchev–Trinajstić information content (AvgIpc) is 2.27. The Kier molecular flexibility index (Phi) is 4.04. The second-order valence-electron chi connectivity index (χ2n) is 4.86. The van der Waals surface area contributed by atoms with Crippen LogP contribution in [0.3, 0.4) is 0 Å². The lowest BCUT2D eigenvalue weighted by Gasteiger charge is -2.26. The number of fused-ring (bicyclic) bond motifs is 1. The Morgan fingerprint density at radius 2 is 2.17 bits per heavy atom. The lowest BCUT2D eigenvalue weighted by atomic mass is 9.99. The summed E-state index contributed by atoms with van der Waals surface area (Å²) in [7, 11) is -3.17. The van der Waals surface area contributed by atoms with E-state index in [1.54, 1.807) is 6.92 Å². The molecule has 0 fully saturated rings. The van der Waals surface area contributed by atoms with E-state index in [4.69, 9.17) is 10.5 Å². The van der Waals surface area contributed by atoms with Gasteiger partial charge in [0.2, 0.25) is 0 Å². The van der Waals surface area contributed by atoms with E-state index < -0.39 is 9.84 Å². The number of nitrogens with two attached hydrogens (primary N) is 1. The zero-order valence-electron chi connectivity index (χ0n) is 10.5. The molecule has 1 aliphatic heterocycles. The summed E-state index contributed by atoms with van der Waals surface area (Å²) < 4.78 is 29.5. The summed E-state index contributed by atoms with van der Waals surface area (Å²) in [4.78, 5) is 0. The summed E-state index contributed by atoms with van der Waals surface area (Å²) in [6.45, 7) is 2.28. The van der Waals surface area contributed by atoms with Crippen molar-refractivity contribution in [3.05, 3.63) is 35.4 Å². The van der Waals surface area contributed by atoms with E-state index in [0.29, 0.717) is 6.61 Å². The van der Waals surface area contributed by atoms with E-state index in [0.717, 1.165) is 12.0 Å². The fourth-order valence-corrected chi connectivity index (χ4v) is 3.99. The number of rotatable bonds is 4. The van der Waals surface area contributed by atoms with Crippen molar-refractivity contribution in [2.45, 2.75) is 25.5 Å². The number of benzene rings is 1. The number of hydrogen-bond acceptors (Lipinski definition) is 4. The van der Waals surface area contributed by atoms with Gasteiger partial charge in [-0.3, -0.25) is 0 Å². The molecule has 18 heavy (non-hydrogen) atoms. The number of sulfone groups is 1. The van der Waals surface area contributed by atoms with Crippen LogP contribution >= 0.6 is 0 Å². The first-order valence-electron chi connectivity index (χ1n) is 6.13. The van der Waals surface area contributed by atoms with Crippen LogP contribution in [-0.2, 0) is 21.0 Å². The van der Waals surface area contributed by atoms with Crippen LogP contribution in [0.5, 0.6) is 0 Å². The second-order valence-corrected chi connectivity index (χ2v) is 7.02. The fourth-order valence-electron chi connectivity index (χ4n) is 2.31. The molecule has 5 heteroatoms. The highest BCUT2D eigenvalue weighted by Crippen LogP contribution is 2.28. The van der Waals surface area contributed by atoms with Crippen molar-refractivity contribution < 1.29 is 13.2 Å². The van der Waals surface area contributed by atoms with E-state index in [2.05, 4.69) is 0 Å². The van der Waals surface area contributed by atoms with Gasteiger partial charge in [0.05, 0.1) is 24.2 Å². The first-order chi connectivity index (χ1) is 8.48. The summed E-state index contributed by atoms with van der Waals surface area (Å²) in [6, 6.07) is 7.52. The first kappa shape index (κ1) is 13.5. The van der Waals surface area contributed by atoms with Crippen molar-refractivity contribution >= 4 is 9.84 Å². The Labute approximate surface area is 108 Å². The molecule has 0 aromatic heterocycles. The van der Waals surface area contributed by atoms with Gasteiger partial charge in [0.15, 0.2) is 9.84 Å². The molecule has 0 bridgehead atoms. The summed E-state index contributed by atoms with van der Waals surface area (Å²) in [5, 5.41) is 0. The van der Waals surface area contributed by atoms with Crippen LogP contribution in [-0.4, -0.2) is 32.6 Å². The van der Waals surface area contributed by atoms with E-state index in [1.165, 1.54) is 5.56 Å². The third-order valence-corrected chi connectivity index (χ3v) is 4.86. The third kappa shape index (κ3) is 3.31. The van der Waals surface area contributed by atoms with Crippen molar-refractivity contribution in [1.82, 2.24) is 0 Å². The molecule has 100 valence electrons. The molecule has 4 nitrogen and oxygen atoms in total. The van der Waals surface area contributed by atoms with Gasteiger partial charge in [0.1, 0.15) is 0 Å². The van der Waals surface area contributed by atoms with Gasteiger partial charge in [-0.25, -0.2) is 8.42 Å². The van der Waals surface area contributed by atoms with Crippen LogP contribution in [0.1, 0.15) is 24.2 Å². The quantitative estimate of drug-likeness (QED) is 0.887. The first-order valence-corrected chi connectivity index (χ1v) is 7.95. The molecule has 0 saturated carbocycles. The van der Waals surface area contributed by atoms with Crippen molar-refractivity contribution in [1.29, 1.82) is 0 Å². The molecule has 2 unspecified atom stereocenters. The van der Waals surface area contributed by atoms with E-state index >= 15 is 0 Å². The van der Waals surface area contributed by atoms with Gasteiger partial charge in [0, 0.05) is 6.04 Å². The monoisotopic (exact) mass is 269 g/mol. The van der Waals surface area contributed by atoms with Crippen molar-refractivity contribution in [2.24, 2.45) is 5.73 Å². The van der Waals surface area contributed by atoms with Crippen molar-refractivity contribution in [2.75, 3.05) is 18.1 Å². The summed E-state index contributed by atoms with van der Waals surface area (Å²) in [5.74, 6) is 0.0284. The third-order valence-electron chi connectivity index (χ3n) is 3.01. The normalized spacial score (nSPS) is 21.3. The van der Waals surface area contributed by atoms with E-state index in [1.807, 2.05) is 24.3 Å². The van der Waals surface area contributed by atoms with Gasteiger partial charge in [0.25, 0.3) is 0 Å². The largest absolute Gasteiger partial charge is 0.372 e. The van der Waals surface area contributed by atoms with E-state index in [9.17, 15) is 8.42 Å². The molecule has 1 heterocycles. The standard InChI is InChI=1S/C13H19NO3S/c1-10(14)8-18(15,16)9-13-12-5-3-2-4-11(12)6-7-17-13/h2-5,10,13H,6-9,14H2,1H3. The van der Waals surface area contributed by atoms with Crippen LogP contribution in [0.4, 0.5) is 0 Å². The highest BCUT2D eigenvalue weighted by atomic mass is 32.2. The highest BCUT2D eigenvalue weighted by molar-refractivity contribution is 7.91. The van der Waals surface area contributed by atoms with Crippen LogP contribution in [0.2, 0.25) is 0 Å². The molecule has 2 atom stereocenters. The van der Waals surface area contributed by atoms with Gasteiger partial charge >= 0.3 is 0 Å². The molecular weight excluding hydrogens is 250 g/mol. The Hall–Kier alpha value is -0.910. The maximum atomic E-state index is 12.0. The molecule has 1 aliphatic rings. The average molecular weight is 269 g/mol. The molecule has 0 saturated heterocycles. The minimum absolute atomic E-state index is 0.00896. The molecule has 0 radical (unpaired) electrons. The van der Waals surface area contributed by atoms with Crippen LogP contribution in [0.25, 0.3) is 0 Å². The molecule has 2 rings (SSSR count). The van der Waals surface area contributed by atoms with E-state index in [-0.39, 0.29) is 23.7 Å². The van der Waals surface area contributed by atoms with Gasteiger partial charge in [-0.15, -0.1) is 0 Å². The minimum atomic E-state index is -3.17. The van der Waals surface area contributed by atoms with Crippen LogP contribution < -0.4 is 5.73 Å². The molecule has 0 amide bonds. The van der Waals surface area contributed by atoms with Gasteiger partial charge in [-0.05, 0) is 24.5 Å².